The average molecular weight is 400 g/mol. The van der Waals surface area contributed by atoms with Crippen LogP contribution in [0.15, 0.2) is 12.1 Å². The lowest BCUT2D eigenvalue weighted by molar-refractivity contribution is -0.137. The molecule has 2 rings (SSSR count). The van der Waals surface area contributed by atoms with Gasteiger partial charge in [-0.15, -0.1) is 12.4 Å². The largest absolute Gasteiger partial charge is 0.493 e. The summed E-state index contributed by atoms with van der Waals surface area (Å²) in [6, 6.07) is 4.75. The zero-order valence-corrected chi connectivity index (χ0v) is 17.6. The van der Waals surface area contributed by atoms with Gasteiger partial charge in [-0.25, -0.2) is 0 Å². The molecule has 1 atom stereocenters. The number of fused-ring (bicyclic) bond motifs is 1. The summed E-state index contributed by atoms with van der Waals surface area (Å²) in [7, 11) is 3.40. The number of nitrogens with zero attached hydrogens (tertiary/aromatic N) is 1. The fourth-order valence-corrected chi connectivity index (χ4v) is 4.01. The highest BCUT2D eigenvalue weighted by atomic mass is 35.5. The Balaban J connectivity index is 0.00000364. The van der Waals surface area contributed by atoms with Crippen molar-refractivity contribution in [2.24, 2.45) is 0 Å². The Labute approximate surface area is 169 Å². The van der Waals surface area contributed by atoms with Gasteiger partial charge in [0, 0.05) is 18.0 Å². The molecule has 1 aliphatic carbocycles. The zero-order valence-electron chi connectivity index (χ0n) is 16.8. The second-order valence-corrected chi connectivity index (χ2v) is 7.08. The van der Waals surface area contributed by atoms with Crippen molar-refractivity contribution < 1.29 is 19.4 Å². The molecular formula is C21H34ClNO4. The zero-order chi connectivity index (χ0) is 18.9. The van der Waals surface area contributed by atoms with Crippen LogP contribution >= 0.6 is 12.4 Å². The van der Waals surface area contributed by atoms with Gasteiger partial charge in [-0.05, 0) is 63.2 Å². The van der Waals surface area contributed by atoms with E-state index in [0.29, 0.717) is 6.04 Å². The van der Waals surface area contributed by atoms with Crippen LogP contribution in [0.3, 0.4) is 0 Å². The van der Waals surface area contributed by atoms with Gasteiger partial charge in [-0.3, -0.25) is 4.79 Å². The first-order chi connectivity index (χ1) is 12.6. The number of rotatable bonds is 11. The van der Waals surface area contributed by atoms with Crippen molar-refractivity contribution in [3.63, 3.8) is 0 Å². The molecule has 0 heterocycles. The molecule has 0 amide bonds. The maximum Gasteiger partial charge on any atom is 0.303 e. The smallest absolute Gasteiger partial charge is 0.303 e. The number of benzene rings is 1. The monoisotopic (exact) mass is 399 g/mol. The summed E-state index contributed by atoms with van der Waals surface area (Å²) in [5.74, 6) is 1.01. The van der Waals surface area contributed by atoms with E-state index in [1.54, 1.807) is 14.2 Å². The van der Waals surface area contributed by atoms with Gasteiger partial charge in [0.1, 0.15) is 0 Å². The Kier molecular flexibility index (Phi) is 10.6. The first kappa shape index (κ1) is 23.6. The van der Waals surface area contributed by atoms with Gasteiger partial charge in [0.05, 0.1) is 14.2 Å². The lowest BCUT2D eigenvalue weighted by Crippen LogP contribution is -2.40. The van der Waals surface area contributed by atoms with E-state index in [1.165, 1.54) is 11.1 Å². The third-order valence-corrected chi connectivity index (χ3v) is 5.29. The van der Waals surface area contributed by atoms with Gasteiger partial charge in [-0.1, -0.05) is 19.4 Å². The normalized spacial score (nSPS) is 15.8. The Bertz CT molecular complexity index is 594. The number of carbonyl (C=O) groups is 1. The van der Waals surface area contributed by atoms with Gasteiger partial charge in [-0.2, -0.15) is 0 Å². The van der Waals surface area contributed by atoms with E-state index in [2.05, 4.69) is 17.9 Å². The molecule has 0 radical (unpaired) electrons. The molecule has 1 aromatic rings. The van der Waals surface area contributed by atoms with Crippen molar-refractivity contribution >= 4 is 18.4 Å². The number of halogens is 1. The SMILES string of the molecule is CCCN(CCCCCC(=O)O)[C@H]1CCc2c(ccc(OC)c2OC)C1.Cl. The summed E-state index contributed by atoms with van der Waals surface area (Å²) in [5.41, 5.74) is 2.66. The average Bonchev–Trinajstić information content (AvgIpc) is 2.65. The van der Waals surface area contributed by atoms with E-state index >= 15 is 0 Å². The van der Waals surface area contributed by atoms with Crippen LogP contribution in [-0.4, -0.2) is 49.3 Å². The summed E-state index contributed by atoms with van der Waals surface area (Å²) in [5, 5.41) is 8.75. The van der Waals surface area contributed by atoms with Crippen LogP contribution in [0.25, 0.3) is 0 Å². The third kappa shape index (κ3) is 6.58. The molecule has 27 heavy (non-hydrogen) atoms. The van der Waals surface area contributed by atoms with Gasteiger partial charge in [0.2, 0.25) is 0 Å². The molecule has 0 fully saturated rings. The summed E-state index contributed by atoms with van der Waals surface area (Å²) in [6.07, 6.45) is 7.45. The number of hydrogen-bond acceptors (Lipinski definition) is 4. The van der Waals surface area contributed by atoms with Gasteiger partial charge < -0.3 is 19.5 Å². The highest BCUT2D eigenvalue weighted by Gasteiger charge is 2.26. The second kappa shape index (κ2) is 12.1. The van der Waals surface area contributed by atoms with E-state index < -0.39 is 5.97 Å². The molecule has 1 aliphatic rings. The Hall–Kier alpha value is -1.46. The number of unbranched alkanes of at least 4 members (excludes halogenated alkanes) is 2. The molecule has 0 aliphatic heterocycles. The van der Waals surface area contributed by atoms with Crippen LogP contribution in [0.4, 0.5) is 0 Å². The number of carboxylic acids is 1. The van der Waals surface area contributed by atoms with E-state index in [1.807, 2.05) is 6.07 Å². The maximum absolute atomic E-state index is 10.6. The molecule has 154 valence electrons. The van der Waals surface area contributed by atoms with Crippen LogP contribution in [0.1, 0.15) is 56.6 Å². The Morgan fingerprint density at radius 1 is 1.19 bits per heavy atom. The van der Waals surface area contributed by atoms with E-state index in [0.717, 1.165) is 69.5 Å². The molecule has 0 bridgehead atoms. The highest BCUT2D eigenvalue weighted by molar-refractivity contribution is 5.85. The lowest BCUT2D eigenvalue weighted by atomic mass is 9.86. The van der Waals surface area contributed by atoms with Crippen LogP contribution in [0.5, 0.6) is 11.5 Å². The summed E-state index contributed by atoms with van der Waals surface area (Å²) < 4.78 is 11.0. The van der Waals surface area contributed by atoms with Crippen molar-refractivity contribution in [1.82, 2.24) is 4.90 Å². The van der Waals surface area contributed by atoms with Crippen LogP contribution < -0.4 is 9.47 Å². The van der Waals surface area contributed by atoms with Crippen molar-refractivity contribution in [2.75, 3.05) is 27.3 Å². The number of methoxy groups -OCH3 is 2. The molecule has 5 nitrogen and oxygen atoms in total. The Morgan fingerprint density at radius 3 is 2.59 bits per heavy atom. The minimum atomic E-state index is -0.691. The summed E-state index contributed by atoms with van der Waals surface area (Å²) in [6.45, 7) is 4.38. The van der Waals surface area contributed by atoms with Gasteiger partial charge in [0.15, 0.2) is 11.5 Å². The molecule has 0 spiro atoms. The number of aliphatic carboxylic acids is 1. The predicted octanol–water partition coefficient (Wildman–Crippen LogP) is 4.34. The van der Waals surface area contributed by atoms with Crippen molar-refractivity contribution in [1.29, 1.82) is 0 Å². The second-order valence-electron chi connectivity index (χ2n) is 7.08. The van der Waals surface area contributed by atoms with Crippen molar-refractivity contribution in [3.8, 4) is 11.5 Å². The fraction of sp³-hybridized carbons (Fsp3) is 0.667. The van der Waals surface area contributed by atoms with Gasteiger partial charge >= 0.3 is 5.97 Å². The maximum atomic E-state index is 10.6. The van der Waals surface area contributed by atoms with Gasteiger partial charge in [0.25, 0.3) is 0 Å². The summed E-state index contributed by atoms with van der Waals surface area (Å²) >= 11 is 0. The number of hydrogen-bond donors (Lipinski definition) is 1. The molecule has 1 aromatic carbocycles. The minimum absolute atomic E-state index is 0. The number of carboxylic acid groups (broad SMARTS) is 1. The molecule has 0 aromatic heterocycles. The topological polar surface area (TPSA) is 59.0 Å². The van der Waals surface area contributed by atoms with Crippen molar-refractivity contribution in [2.45, 2.75) is 64.3 Å². The molecule has 0 saturated carbocycles. The molecule has 0 saturated heterocycles. The van der Waals surface area contributed by atoms with Crippen molar-refractivity contribution in [3.05, 3.63) is 23.3 Å². The lowest BCUT2D eigenvalue weighted by Gasteiger charge is -2.36. The molecular weight excluding hydrogens is 366 g/mol. The number of ether oxygens (including phenoxy) is 2. The van der Waals surface area contributed by atoms with Crippen LogP contribution in [-0.2, 0) is 17.6 Å². The standard InChI is InChI=1S/C21H33NO4.ClH/c1-4-13-22(14-7-5-6-8-20(23)24)17-10-11-18-16(15-17)9-12-19(25-2)21(18)26-3;/h9,12,17H,4-8,10-11,13-15H2,1-3H3,(H,23,24);1H/t17-;/m0./s1. The highest BCUT2D eigenvalue weighted by Crippen LogP contribution is 2.38. The fourth-order valence-electron chi connectivity index (χ4n) is 4.01. The molecule has 6 heteroatoms. The predicted molar refractivity (Wildman–Crippen MR) is 111 cm³/mol. The first-order valence-electron chi connectivity index (χ1n) is 9.79. The van der Waals surface area contributed by atoms with Crippen LogP contribution in [0.2, 0.25) is 0 Å². The molecule has 0 unspecified atom stereocenters. The first-order valence-corrected chi connectivity index (χ1v) is 9.79. The summed E-state index contributed by atoms with van der Waals surface area (Å²) in [4.78, 5) is 13.2. The van der Waals surface area contributed by atoms with E-state index in [4.69, 9.17) is 14.6 Å². The third-order valence-electron chi connectivity index (χ3n) is 5.29. The van der Waals surface area contributed by atoms with E-state index in [9.17, 15) is 4.79 Å². The van der Waals surface area contributed by atoms with E-state index in [-0.39, 0.29) is 18.8 Å². The van der Waals surface area contributed by atoms with Crippen LogP contribution in [0, 0.1) is 0 Å². The Morgan fingerprint density at radius 2 is 1.96 bits per heavy atom. The molecule has 1 N–H and O–H groups in total. The quantitative estimate of drug-likeness (QED) is 0.561. The minimum Gasteiger partial charge on any atom is -0.493 e.